The molecule has 0 radical (unpaired) electrons. The van der Waals surface area contributed by atoms with Crippen LogP contribution in [0.15, 0.2) is 41.3 Å². The van der Waals surface area contributed by atoms with Gasteiger partial charge in [0.15, 0.2) is 0 Å². The summed E-state index contributed by atoms with van der Waals surface area (Å²) in [7, 11) is -4.19. The molecule has 168 valence electrons. The summed E-state index contributed by atoms with van der Waals surface area (Å²) in [4.78, 5) is 0.0656. The van der Waals surface area contributed by atoms with E-state index in [4.69, 9.17) is 0 Å². The Morgan fingerprint density at radius 2 is 1.17 bits per heavy atom. The van der Waals surface area contributed by atoms with Gasteiger partial charge in [-0.15, -0.1) is 0 Å². The Labute approximate surface area is 184 Å². The minimum absolute atomic E-state index is 0.0656. The van der Waals surface area contributed by atoms with Gasteiger partial charge in [0.1, 0.15) is 0 Å². The smallest absolute Gasteiger partial charge is 0.282 e. The molecule has 0 atom stereocenters. The molecule has 2 aromatic rings. The Balaban J connectivity index is 1.64. The van der Waals surface area contributed by atoms with E-state index in [0.29, 0.717) is 6.42 Å². The molecular weight excluding hydrogens is 392 g/mol. The second-order valence-corrected chi connectivity index (χ2v) is 9.97. The maximum Gasteiger partial charge on any atom is 0.294 e. The Bertz CT molecular complexity index is 842. The lowest BCUT2D eigenvalue weighted by molar-refractivity contribution is 0.482. The molecule has 0 fully saturated rings. The molecular formula is C26H40O3S. The van der Waals surface area contributed by atoms with Gasteiger partial charge in [0.05, 0.1) is 4.90 Å². The summed E-state index contributed by atoms with van der Waals surface area (Å²) in [5, 5.41) is 1.95. The largest absolute Gasteiger partial charge is 0.294 e. The summed E-state index contributed by atoms with van der Waals surface area (Å²) in [6, 6.07) is 11.1. The quantitative estimate of drug-likeness (QED) is 0.215. The van der Waals surface area contributed by atoms with Gasteiger partial charge in [0.2, 0.25) is 0 Å². The van der Waals surface area contributed by atoms with Crippen molar-refractivity contribution in [3.63, 3.8) is 0 Å². The average Bonchev–Trinajstić information content (AvgIpc) is 2.73. The van der Waals surface area contributed by atoms with Gasteiger partial charge in [0.25, 0.3) is 10.1 Å². The van der Waals surface area contributed by atoms with Gasteiger partial charge >= 0.3 is 0 Å². The van der Waals surface area contributed by atoms with Crippen molar-refractivity contribution in [3.8, 4) is 0 Å². The van der Waals surface area contributed by atoms with E-state index in [2.05, 4.69) is 6.92 Å². The standard InChI is InChI=1S/C26H40O3S/c1-2-3-4-5-6-7-8-9-10-11-12-13-14-15-20-25-24-19-17-16-18-23(24)21-22-26(25)30(27,28)29/h16-19,21-22H,2-15,20H2,1H3,(H,27,28,29). The van der Waals surface area contributed by atoms with E-state index in [1.54, 1.807) is 6.07 Å². The van der Waals surface area contributed by atoms with Crippen LogP contribution in [0.3, 0.4) is 0 Å². The summed E-state index contributed by atoms with van der Waals surface area (Å²) in [5.74, 6) is 0. The predicted octanol–water partition coefficient (Wildman–Crippen LogP) is 8.11. The second kappa shape index (κ2) is 13.8. The van der Waals surface area contributed by atoms with Crippen molar-refractivity contribution >= 4 is 20.9 Å². The summed E-state index contributed by atoms with van der Waals surface area (Å²) in [6.07, 6.45) is 18.9. The van der Waals surface area contributed by atoms with E-state index in [1.807, 2.05) is 24.3 Å². The fraction of sp³-hybridized carbons (Fsp3) is 0.615. The molecule has 0 aromatic heterocycles. The minimum atomic E-state index is -4.19. The SMILES string of the molecule is CCCCCCCCCCCCCCCCc1c(S(=O)(=O)O)ccc2ccccc12. The van der Waals surface area contributed by atoms with Crippen LogP contribution in [-0.4, -0.2) is 13.0 Å². The molecule has 0 bridgehead atoms. The highest BCUT2D eigenvalue weighted by Crippen LogP contribution is 2.27. The minimum Gasteiger partial charge on any atom is -0.282 e. The zero-order valence-electron chi connectivity index (χ0n) is 18.7. The molecule has 1 N–H and O–H groups in total. The molecule has 0 saturated carbocycles. The van der Waals surface area contributed by atoms with Crippen molar-refractivity contribution in [2.24, 2.45) is 0 Å². The monoisotopic (exact) mass is 432 g/mol. The van der Waals surface area contributed by atoms with Crippen LogP contribution in [0.1, 0.15) is 102 Å². The first kappa shape index (κ1) is 24.9. The van der Waals surface area contributed by atoms with Crippen molar-refractivity contribution in [1.29, 1.82) is 0 Å². The lowest BCUT2D eigenvalue weighted by Crippen LogP contribution is -2.04. The number of unbranched alkanes of at least 4 members (excludes halogenated alkanes) is 13. The van der Waals surface area contributed by atoms with Crippen LogP contribution < -0.4 is 0 Å². The number of aryl methyl sites for hydroxylation is 1. The zero-order chi connectivity index (χ0) is 21.7. The highest BCUT2D eigenvalue weighted by atomic mass is 32.2. The molecule has 0 spiro atoms. The van der Waals surface area contributed by atoms with Crippen LogP contribution in [0.25, 0.3) is 10.8 Å². The molecule has 2 aromatic carbocycles. The van der Waals surface area contributed by atoms with E-state index in [1.165, 1.54) is 83.1 Å². The fourth-order valence-electron chi connectivity index (χ4n) is 4.31. The number of hydrogen-bond donors (Lipinski definition) is 1. The molecule has 0 aliphatic heterocycles. The van der Waals surface area contributed by atoms with Crippen molar-refractivity contribution in [3.05, 3.63) is 42.0 Å². The molecule has 3 nitrogen and oxygen atoms in total. The van der Waals surface area contributed by atoms with Gasteiger partial charge in [-0.05, 0) is 35.2 Å². The van der Waals surface area contributed by atoms with Gasteiger partial charge < -0.3 is 0 Å². The Kier molecular flexibility index (Phi) is 11.5. The first-order chi connectivity index (χ1) is 14.5. The molecule has 0 amide bonds. The summed E-state index contributed by atoms with van der Waals surface area (Å²) < 4.78 is 33.2. The first-order valence-electron chi connectivity index (χ1n) is 12.0. The fourth-order valence-corrected chi connectivity index (χ4v) is 5.08. The molecule has 0 heterocycles. The molecule has 30 heavy (non-hydrogen) atoms. The molecule has 0 unspecified atom stereocenters. The maximum atomic E-state index is 11.8. The van der Waals surface area contributed by atoms with Crippen LogP contribution in [-0.2, 0) is 16.5 Å². The molecule has 4 heteroatoms. The lowest BCUT2D eigenvalue weighted by atomic mass is 9.98. The predicted molar refractivity (Wildman–Crippen MR) is 128 cm³/mol. The molecule has 0 saturated heterocycles. The van der Waals surface area contributed by atoms with E-state index >= 15 is 0 Å². The van der Waals surface area contributed by atoms with Gasteiger partial charge in [0, 0.05) is 0 Å². The van der Waals surface area contributed by atoms with E-state index in [-0.39, 0.29) is 4.90 Å². The first-order valence-corrected chi connectivity index (χ1v) is 13.5. The van der Waals surface area contributed by atoms with Crippen molar-refractivity contribution in [2.45, 2.75) is 108 Å². The van der Waals surface area contributed by atoms with Crippen LogP contribution in [0.4, 0.5) is 0 Å². The maximum absolute atomic E-state index is 11.8. The number of hydrogen-bond acceptors (Lipinski definition) is 2. The Morgan fingerprint density at radius 1 is 0.667 bits per heavy atom. The van der Waals surface area contributed by atoms with Gasteiger partial charge in [-0.3, -0.25) is 4.55 Å². The summed E-state index contributed by atoms with van der Waals surface area (Å²) in [5.41, 5.74) is 0.759. The Hall–Kier alpha value is -1.39. The third-order valence-corrected chi connectivity index (χ3v) is 6.99. The average molecular weight is 433 g/mol. The highest BCUT2D eigenvalue weighted by Gasteiger charge is 2.17. The third-order valence-electron chi connectivity index (χ3n) is 6.06. The van der Waals surface area contributed by atoms with E-state index < -0.39 is 10.1 Å². The number of rotatable bonds is 16. The second-order valence-electron chi connectivity index (χ2n) is 8.58. The van der Waals surface area contributed by atoms with Crippen LogP contribution in [0, 0.1) is 0 Å². The van der Waals surface area contributed by atoms with Crippen LogP contribution in [0.5, 0.6) is 0 Å². The summed E-state index contributed by atoms with van der Waals surface area (Å²) in [6.45, 7) is 2.26. The van der Waals surface area contributed by atoms with Crippen molar-refractivity contribution in [2.75, 3.05) is 0 Å². The summed E-state index contributed by atoms with van der Waals surface area (Å²) >= 11 is 0. The van der Waals surface area contributed by atoms with E-state index in [0.717, 1.165) is 29.2 Å². The third kappa shape index (κ3) is 8.77. The van der Waals surface area contributed by atoms with Gasteiger partial charge in [-0.1, -0.05) is 121 Å². The highest BCUT2D eigenvalue weighted by molar-refractivity contribution is 7.85. The number of benzene rings is 2. The van der Waals surface area contributed by atoms with Crippen molar-refractivity contribution < 1.29 is 13.0 Å². The van der Waals surface area contributed by atoms with Crippen LogP contribution >= 0.6 is 0 Å². The van der Waals surface area contributed by atoms with Crippen molar-refractivity contribution in [1.82, 2.24) is 0 Å². The molecule has 0 aliphatic carbocycles. The van der Waals surface area contributed by atoms with Gasteiger partial charge in [-0.2, -0.15) is 8.42 Å². The molecule has 0 aliphatic rings. The molecule has 2 rings (SSSR count). The van der Waals surface area contributed by atoms with E-state index in [9.17, 15) is 13.0 Å². The zero-order valence-corrected chi connectivity index (χ0v) is 19.6. The van der Waals surface area contributed by atoms with Gasteiger partial charge in [-0.25, -0.2) is 0 Å². The Morgan fingerprint density at radius 3 is 1.70 bits per heavy atom. The lowest BCUT2D eigenvalue weighted by Gasteiger charge is -2.11. The number of fused-ring (bicyclic) bond motifs is 1. The topological polar surface area (TPSA) is 54.4 Å². The van der Waals surface area contributed by atoms with Crippen LogP contribution in [0.2, 0.25) is 0 Å². The normalized spacial score (nSPS) is 11.9.